The Labute approximate surface area is 64.7 Å². The number of hydrogen-bond donors (Lipinski definition) is 1. The molecule has 0 saturated carbocycles. The van der Waals surface area contributed by atoms with Crippen LogP contribution in [0, 0.1) is 0 Å². The summed E-state index contributed by atoms with van der Waals surface area (Å²) >= 11 is 0. The Bertz CT molecular complexity index is 146. The Morgan fingerprint density at radius 1 is 1.36 bits per heavy atom. The molecule has 0 unspecified atom stereocenters. The van der Waals surface area contributed by atoms with Crippen molar-refractivity contribution in [3.8, 4) is 0 Å². The first-order chi connectivity index (χ1) is 5.16. The molecule has 0 aliphatic carbocycles. The third kappa shape index (κ3) is 6.79. The van der Waals surface area contributed by atoms with E-state index in [-0.39, 0.29) is 13.3 Å². The molecule has 0 fully saturated rings. The average molecular weight is 161 g/mol. The summed E-state index contributed by atoms with van der Waals surface area (Å²) in [4.78, 5) is 20.7. The lowest BCUT2D eigenvalue weighted by atomic mass is 10.7. The molecule has 0 aromatic rings. The van der Waals surface area contributed by atoms with E-state index in [1.54, 1.807) is 7.05 Å². The van der Waals surface area contributed by atoms with E-state index < -0.39 is 11.9 Å². The highest BCUT2D eigenvalue weighted by atomic mass is 16.7. The predicted octanol–water partition coefficient (Wildman–Crippen LogP) is -0.730. The second-order valence-electron chi connectivity index (χ2n) is 1.80. The molecule has 5 nitrogen and oxygen atoms in total. The van der Waals surface area contributed by atoms with E-state index in [1.807, 2.05) is 0 Å². The van der Waals surface area contributed by atoms with E-state index in [0.29, 0.717) is 0 Å². The zero-order chi connectivity index (χ0) is 8.69. The van der Waals surface area contributed by atoms with Gasteiger partial charge < -0.3 is 14.8 Å². The Morgan fingerprint density at radius 3 is 2.45 bits per heavy atom. The maximum Gasteiger partial charge on any atom is 0.322 e. The number of rotatable bonds is 4. The van der Waals surface area contributed by atoms with E-state index in [4.69, 9.17) is 0 Å². The summed E-state index contributed by atoms with van der Waals surface area (Å²) in [5.74, 6) is -0.920. The van der Waals surface area contributed by atoms with E-state index >= 15 is 0 Å². The van der Waals surface area contributed by atoms with Gasteiger partial charge in [-0.05, 0) is 7.05 Å². The van der Waals surface area contributed by atoms with E-state index in [9.17, 15) is 9.59 Å². The Hall–Kier alpha value is -1.10. The normalized spacial score (nSPS) is 8.91. The van der Waals surface area contributed by atoms with Gasteiger partial charge in [-0.1, -0.05) is 0 Å². The van der Waals surface area contributed by atoms with E-state index in [2.05, 4.69) is 14.8 Å². The van der Waals surface area contributed by atoms with Crippen molar-refractivity contribution in [1.29, 1.82) is 0 Å². The lowest BCUT2D eigenvalue weighted by Crippen LogP contribution is -2.22. The highest BCUT2D eigenvalue weighted by Gasteiger charge is 1.99. The molecule has 0 aliphatic heterocycles. The summed E-state index contributed by atoms with van der Waals surface area (Å²) in [5.41, 5.74) is 0. The van der Waals surface area contributed by atoms with Crippen LogP contribution < -0.4 is 5.32 Å². The van der Waals surface area contributed by atoms with Crippen LogP contribution in [0.25, 0.3) is 0 Å². The van der Waals surface area contributed by atoms with Crippen molar-refractivity contribution in [2.45, 2.75) is 6.92 Å². The summed E-state index contributed by atoms with van der Waals surface area (Å²) in [6, 6.07) is 0. The lowest BCUT2D eigenvalue weighted by Gasteiger charge is -2.02. The largest absolute Gasteiger partial charge is 0.428 e. The third-order valence-corrected chi connectivity index (χ3v) is 0.803. The van der Waals surface area contributed by atoms with Gasteiger partial charge in [-0.3, -0.25) is 9.59 Å². The van der Waals surface area contributed by atoms with Gasteiger partial charge in [-0.15, -0.1) is 0 Å². The van der Waals surface area contributed by atoms with Crippen LogP contribution in [-0.2, 0) is 19.1 Å². The van der Waals surface area contributed by atoms with Gasteiger partial charge in [0.15, 0.2) is 0 Å². The van der Waals surface area contributed by atoms with Crippen LogP contribution in [0.5, 0.6) is 0 Å². The molecular formula is C6H11NO4. The molecular weight excluding hydrogens is 150 g/mol. The number of carbonyl (C=O) groups is 2. The van der Waals surface area contributed by atoms with Crippen molar-refractivity contribution in [3.63, 3.8) is 0 Å². The van der Waals surface area contributed by atoms with Crippen molar-refractivity contribution in [3.05, 3.63) is 0 Å². The maximum absolute atomic E-state index is 10.5. The minimum Gasteiger partial charge on any atom is -0.428 e. The molecule has 1 N–H and O–H groups in total. The molecule has 0 aromatic heterocycles. The van der Waals surface area contributed by atoms with Gasteiger partial charge in [0.2, 0.25) is 6.79 Å². The number of hydrogen-bond acceptors (Lipinski definition) is 5. The Morgan fingerprint density at radius 2 is 2.00 bits per heavy atom. The van der Waals surface area contributed by atoms with Crippen LogP contribution in [-0.4, -0.2) is 32.3 Å². The van der Waals surface area contributed by atoms with Gasteiger partial charge in [0, 0.05) is 6.92 Å². The van der Waals surface area contributed by atoms with Crippen LogP contribution in [0.3, 0.4) is 0 Å². The summed E-state index contributed by atoms with van der Waals surface area (Å²) < 4.78 is 8.80. The van der Waals surface area contributed by atoms with Crippen molar-refractivity contribution < 1.29 is 19.1 Å². The van der Waals surface area contributed by atoms with Crippen LogP contribution >= 0.6 is 0 Å². The first kappa shape index (κ1) is 9.90. The molecule has 0 saturated heterocycles. The van der Waals surface area contributed by atoms with Gasteiger partial charge in [0.1, 0.15) is 0 Å². The summed E-state index contributed by atoms with van der Waals surface area (Å²) in [5, 5.41) is 2.59. The smallest absolute Gasteiger partial charge is 0.322 e. The van der Waals surface area contributed by atoms with Crippen LogP contribution in [0.15, 0.2) is 0 Å². The molecule has 0 aliphatic rings. The van der Waals surface area contributed by atoms with Crippen molar-refractivity contribution >= 4 is 11.9 Å². The number of esters is 2. The minimum absolute atomic E-state index is 0.112. The Balaban J connectivity index is 3.24. The summed E-state index contributed by atoms with van der Waals surface area (Å²) in [6.07, 6.45) is 0. The topological polar surface area (TPSA) is 64.6 Å². The SMILES string of the molecule is CNCC(=O)OCOC(C)=O. The maximum atomic E-state index is 10.5. The summed E-state index contributed by atoms with van der Waals surface area (Å²) in [7, 11) is 1.62. The first-order valence-electron chi connectivity index (χ1n) is 3.10. The molecule has 64 valence electrons. The standard InChI is InChI=1S/C6H11NO4/c1-5(8)10-4-11-6(9)3-7-2/h7H,3-4H2,1-2H3. The lowest BCUT2D eigenvalue weighted by molar-refractivity contribution is -0.164. The molecule has 11 heavy (non-hydrogen) atoms. The monoisotopic (exact) mass is 161 g/mol. The third-order valence-electron chi connectivity index (χ3n) is 0.803. The zero-order valence-corrected chi connectivity index (χ0v) is 6.55. The second kappa shape index (κ2) is 5.67. The molecule has 0 rings (SSSR count). The fraction of sp³-hybridized carbons (Fsp3) is 0.667. The van der Waals surface area contributed by atoms with E-state index in [0.717, 1.165) is 0 Å². The van der Waals surface area contributed by atoms with E-state index in [1.165, 1.54) is 6.92 Å². The molecule has 0 spiro atoms. The van der Waals surface area contributed by atoms with Crippen LogP contribution in [0.4, 0.5) is 0 Å². The highest BCUT2D eigenvalue weighted by molar-refractivity contribution is 5.71. The van der Waals surface area contributed by atoms with Crippen LogP contribution in [0.1, 0.15) is 6.92 Å². The fourth-order valence-electron chi connectivity index (χ4n) is 0.374. The van der Waals surface area contributed by atoms with Gasteiger partial charge in [-0.2, -0.15) is 0 Å². The average Bonchev–Trinajstić information content (AvgIpc) is 1.87. The molecule has 5 heteroatoms. The molecule has 0 radical (unpaired) electrons. The fourth-order valence-corrected chi connectivity index (χ4v) is 0.374. The molecule has 0 atom stereocenters. The highest BCUT2D eigenvalue weighted by Crippen LogP contribution is 1.80. The number of likely N-dealkylation sites (N-methyl/N-ethyl adjacent to an activating group) is 1. The molecule has 0 amide bonds. The number of nitrogens with one attached hydrogen (secondary N) is 1. The predicted molar refractivity (Wildman–Crippen MR) is 36.7 cm³/mol. The van der Waals surface area contributed by atoms with Crippen LogP contribution in [0.2, 0.25) is 0 Å². The first-order valence-corrected chi connectivity index (χ1v) is 3.10. The van der Waals surface area contributed by atoms with Gasteiger partial charge in [0.05, 0.1) is 6.54 Å². The Kier molecular flexibility index (Phi) is 5.10. The zero-order valence-electron chi connectivity index (χ0n) is 6.55. The van der Waals surface area contributed by atoms with Crippen molar-refractivity contribution in [2.75, 3.05) is 20.4 Å². The number of ether oxygens (including phenoxy) is 2. The van der Waals surface area contributed by atoms with Crippen molar-refractivity contribution in [1.82, 2.24) is 5.32 Å². The number of carbonyl (C=O) groups excluding carboxylic acids is 2. The second-order valence-corrected chi connectivity index (χ2v) is 1.80. The molecule has 0 aromatic carbocycles. The summed E-state index contributed by atoms with van der Waals surface area (Å²) in [6.45, 7) is 1.04. The quantitative estimate of drug-likeness (QED) is 0.435. The van der Waals surface area contributed by atoms with Crippen molar-refractivity contribution in [2.24, 2.45) is 0 Å². The minimum atomic E-state index is -0.470. The van der Waals surface area contributed by atoms with Gasteiger partial charge in [0.25, 0.3) is 0 Å². The molecule has 0 bridgehead atoms. The molecule has 0 heterocycles. The van der Waals surface area contributed by atoms with Gasteiger partial charge in [-0.25, -0.2) is 0 Å². The van der Waals surface area contributed by atoms with Gasteiger partial charge >= 0.3 is 11.9 Å².